The first-order chi connectivity index (χ1) is 15.9. The summed E-state index contributed by atoms with van der Waals surface area (Å²) in [5.41, 5.74) is 2.36. The molecule has 2 aromatic rings. The summed E-state index contributed by atoms with van der Waals surface area (Å²) >= 11 is 0. The van der Waals surface area contributed by atoms with E-state index in [2.05, 4.69) is 88.5 Å². The molecule has 0 amide bonds. The highest BCUT2D eigenvalue weighted by Gasteiger charge is 2.50. The molecule has 33 heavy (non-hydrogen) atoms. The van der Waals surface area contributed by atoms with Gasteiger partial charge in [-0.05, 0) is 64.5 Å². The van der Waals surface area contributed by atoms with Gasteiger partial charge in [0, 0.05) is 43.8 Å². The monoisotopic (exact) mass is 450 g/mol. The molecule has 178 valence electrons. The zero-order chi connectivity index (χ0) is 23.1. The molecule has 3 fully saturated rings. The first kappa shape index (κ1) is 22.6. The summed E-state index contributed by atoms with van der Waals surface area (Å²) in [5.74, 6) is 1.03. The molecule has 3 heterocycles. The fourth-order valence-corrected chi connectivity index (χ4v) is 6.00. The van der Waals surface area contributed by atoms with Crippen LogP contribution in [0.2, 0.25) is 0 Å². The maximum atomic E-state index is 10.9. The highest BCUT2D eigenvalue weighted by Crippen LogP contribution is 2.46. The summed E-state index contributed by atoms with van der Waals surface area (Å²) < 4.78 is 0. The van der Waals surface area contributed by atoms with Crippen molar-refractivity contribution in [2.75, 3.05) is 63.7 Å². The third kappa shape index (κ3) is 4.23. The van der Waals surface area contributed by atoms with Crippen LogP contribution < -0.4 is 15.1 Å². The number of aliphatic hydroxyl groups excluding tert-OH is 1. The van der Waals surface area contributed by atoms with Crippen LogP contribution in [0.3, 0.4) is 0 Å². The van der Waals surface area contributed by atoms with E-state index in [1.807, 2.05) is 6.20 Å². The summed E-state index contributed by atoms with van der Waals surface area (Å²) in [5, 5.41) is 14.5. The SMILES string of the molecule is CN1CCN(c2ccc(N3C[C@]4(CC[C@](c5ccccc5)(N(C)C)CC4)NC3O)cn2)CC1. The fraction of sp³-hybridized carbons (Fsp3) is 0.577. The molecule has 1 aliphatic carbocycles. The van der Waals surface area contributed by atoms with Crippen molar-refractivity contribution < 1.29 is 5.11 Å². The number of nitrogens with zero attached hydrogens (tertiary/aromatic N) is 5. The lowest BCUT2D eigenvalue weighted by atomic mass is 9.69. The smallest absolute Gasteiger partial charge is 0.184 e. The average Bonchev–Trinajstić information content (AvgIpc) is 3.16. The Morgan fingerprint density at radius 3 is 2.27 bits per heavy atom. The number of pyridine rings is 1. The predicted molar refractivity (Wildman–Crippen MR) is 133 cm³/mol. The summed E-state index contributed by atoms with van der Waals surface area (Å²) in [7, 11) is 6.56. The number of benzene rings is 1. The summed E-state index contributed by atoms with van der Waals surface area (Å²) in [6, 6.07) is 15.1. The van der Waals surface area contributed by atoms with E-state index in [1.54, 1.807) is 0 Å². The molecular weight excluding hydrogens is 412 g/mol. The molecule has 7 heteroatoms. The Hall–Kier alpha value is -2.19. The Labute approximate surface area is 198 Å². The molecule has 2 saturated heterocycles. The summed E-state index contributed by atoms with van der Waals surface area (Å²) in [4.78, 5) is 13.9. The highest BCUT2D eigenvalue weighted by atomic mass is 16.3. The van der Waals surface area contributed by atoms with Gasteiger partial charge in [-0.25, -0.2) is 4.98 Å². The minimum atomic E-state index is -0.676. The number of rotatable bonds is 4. The van der Waals surface area contributed by atoms with Crippen LogP contribution in [0.15, 0.2) is 48.7 Å². The van der Waals surface area contributed by atoms with Gasteiger partial charge in [-0.15, -0.1) is 0 Å². The van der Waals surface area contributed by atoms with E-state index < -0.39 is 6.35 Å². The second-order valence-corrected chi connectivity index (χ2v) is 10.4. The number of anilines is 2. The van der Waals surface area contributed by atoms with Gasteiger partial charge in [0.1, 0.15) is 5.82 Å². The number of hydrogen-bond acceptors (Lipinski definition) is 7. The zero-order valence-electron chi connectivity index (χ0n) is 20.2. The van der Waals surface area contributed by atoms with Gasteiger partial charge in [-0.1, -0.05) is 30.3 Å². The average molecular weight is 451 g/mol. The molecule has 1 saturated carbocycles. The maximum Gasteiger partial charge on any atom is 0.184 e. The van der Waals surface area contributed by atoms with Crippen LogP contribution in [0.1, 0.15) is 31.2 Å². The standard InChI is InChI=1S/C26H38N6O/c1-29(2)26(21-7-5-4-6-8-21)13-11-25(12-14-26)20-32(24(33)28-25)22-9-10-23(27-19-22)31-17-15-30(3)16-18-31/h4-10,19,24,28,33H,11-18,20H2,1-3H3/t24?,25-,26+. The van der Waals surface area contributed by atoms with Crippen molar-refractivity contribution in [1.29, 1.82) is 0 Å². The van der Waals surface area contributed by atoms with E-state index >= 15 is 0 Å². The molecule has 1 spiro atoms. The largest absolute Gasteiger partial charge is 0.361 e. The molecule has 3 aliphatic rings. The van der Waals surface area contributed by atoms with E-state index in [4.69, 9.17) is 4.98 Å². The van der Waals surface area contributed by atoms with E-state index in [1.165, 1.54) is 5.56 Å². The van der Waals surface area contributed by atoms with Gasteiger partial charge in [0.15, 0.2) is 6.35 Å². The number of likely N-dealkylation sites (N-methyl/N-ethyl adjacent to an activating group) is 1. The predicted octanol–water partition coefficient (Wildman–Crippen LogP) is 2.29. The van der Waals surface area contributed by atoms with Crippen LogP contribution in [0.25, 0.3) is 0 Å². The van der Waals surface area contributed by atoms with Gasteiger partial charge in [0.25, 0.3) is 0 Å². The number of hydrogen-bond donors (Lipinski definition) is 2. The van der Waals surface area contributed by atoms with Crippen LogP contribution in [-0.2, 0) is 5.54 Å². The van der Waals surface area contributed by atoms with E-state index in [-0.39, 0.29) is 11.1 Å². The van der Waals surface area contributed by atoms with Crippen LogP contribution in [0.5, 0.6) is 0 Å². The van der Waals surface area contributed by atoms with Gasteiger partial charge >= 0.3 is 0 Å². The van der Waals surface area contributed by atoms with Gasteiger partial charge < -0.3 is 19.8 Å². The molecule has 1 aromatic carbocycles. The Bertz CT molecular complexity index is 918. The first-order valence-corrected chi connectivity index (χ1v) is 12.3. The number of nitrogens with one attached hydrogen (secondary N) is 1. The lowest BCUT2D eigenvalue weighted by molar-refractivity contribution is 0.0513. The van der Waals surface area contributed by atoms with Crippen molar-refractivity contribution in [2.45, 2.75) is 43.1 Å². The Morgan fingerprint density at radius 1 is 0.970 bits per heavy atom. The van der Waals surface area contributed by atoms with Gasteiger partial charge in [-0.2, -0.15) is 0 Å². The van der Waals surface area contributed by atoms with Crippen molar-refractivity contribution in [3.8, 4) is 0 Å². The van der Waals surface area contributed by atoms with Gasteiger partial charge in [-0.3, -0.25) is 10.2 Å². The van der Waals surface area contributed by atoms with Crippen molar-refractivity contribution in [1.82, 2.24) is 20.1 Å². The third-order valence-electron chi connectivity index (χ3n) is 8.30. The topological polar surface area (TPSA) is 58.1 Å². The van der Waals surface area contributed by atoms with E-state index in [9.17, 15) is 5.11 Å². The van der Waals surface area contributed by atoms with Gasteiger partial charge in [0.2, 0.25) is 0 Å². The molecule has 5 rings (SSSR count). The molecule has 2 N–H and O–H groups in total. The Balaban J connectivity index is 1.27. The Kier molecular flexibility index (Phi) is 6.07. The number of piperazine rings is 1. The fourth-order valence-electron chi connectivity index (χ4n) is 6.00. The minimum Gasteiger partial charge on any atom is -0.361 e. The van der Waals surface area contributed by atoms with E-state index in [0.717, 1.165) is 69.9 Å². The molecular formula is C26H38N6O. The minimum absolute atomic E-state index is 0.0538. The molecule has 7 nitrogen and oxygen atoms in total. The third-order valence-corrected chi connectivity index (χ3v) is 8.30. The van der Waals surface area contributed by atoms with Gasteiger partial charge in [0.05, 0.1) is 11.9 Å². The number of aliphatic hydroxyl groups is 1. The lowest BCUT2D eigenvalue weighted by Crippen LogP contribution is -2.54. The molecule has 1 aromatic heterocycles. The van der Waals surface area contributed by atoms with Crippen LogP contribution in [-0.4, -0.2) is 85.6 Å². The van der Waals surface area contributed by atoms with Crippen molar-refractivity contribution >= 4 is 11.5 Å². The highest BCUT2D eigenvalue weighted by molar-refractivity contribution is 5.52. The van der Waals surface area contributed by atoms with Crippen LogP contribution >= 0.6 is 0 Å². The molecule has 2 aliphatic heterocycles. The lowest BCUT2D eigenvalue weighted by Gasteiger charge is -2.49. The normalized spacial score (nSPS) is 31.0. The first-order valence-electron chi connectivity index (χ1n) is 12.3. The second-order valence-electron chi connectivity index (χ2n) is 10.4. The quantitative estimate of drug-likeness (QED) is 0.741. The van der Waals surface area contributed by atoms with Crippen molar-refractivity contribution in [3.05, 3.63) is 54.2 Å². The summed E-state index contributed by atoms with van der Waals surface area (Å²) in [6.07, 6.45) is 5.44. The maximum absolute atomic E-state index is 10.9. The second kappa shape index (κ2) is 8.87. The zero-order valence-corrected chi connectivity index (χ0v) is 20.2. The number of aromatic nitrogens is 1. The Morgan fingerprint density at radius 2 is 1.67 bits per heavy atom. The van der Waals surface area contributed by atoms with E-state index in [0.29, 0.717) is 0 Å². The molecule has 0 bridgehead atoms. The molecule has 1 atom stereocenters. The van der Waals surface area contributed by atoms with Crippen LogP contribution in [0.4, 0.5) is 11.5 Å². The summed E-state index contributed by atoms with van der Waals surface area (Å²) in [6.45, 7) is 4.96. The molecule has 0 radical (unpaired) electrons. The van der Waals surface area contributed by atoms with Crippen molar-refractivity contribution in [2.24, 2.45) is 0 Å². The molecule has 1 unspecified atom stereocenters. The van der Waals surface area contributed by atoms with Crippen molar-refractivity contribution in [3.63, 3.8) is 0 Å². The van der Waals surface area contributed by atoms with Crippen LogP contribution in [0, 0.1) is 0 Å².